The molecule has 0 saturated heterocycles. The Bertz CT molecular complexity index is 98.1. The summed E-state index contributed by atoms with van der Waals surface area (Å²) < 4.78 is 0. The predicted octanol–water partition coefficient (Wildman–Crippen LogP) is 5.71. The van der Waals surface area contributed by atoms with Gasteiger partial charge in [-0.25, -0.2) is 0 Å². The smallest absolute Gasteiger partial charge is 0.0431 e. The van der Waals surface area contributed by atoms with E-state index in [1.165, 1.54) is 77.0 Å². The highest BCUT2D eigenvalue weighted by Crippen LogP contribution is 2.12. The molecule has 0 unspecified atom stereocenters. The molecule has 0 aliphatic carbocycles. The van der Waals surface area contributed by atoms with Gasteiger partial charge in [-0.1, -0.05) is 91.4 Å². The Balaban J connectivity index is 0. The minimum Gasteiger partial charge on any atom is -0.396 e. The van der Waals surface area contributed by atoms with Crippen molar-refractivity contribution in [1.82, 2.24) is 0 Å². The number of unbranched alkanes of at least 4 members (excludes halogenated alkanes) is 12. The number of rotatable bonds is 13. The molecule has 17 heavy (non-hydrogen) atoms. The summed E-state index contributed by atoms with van der Waals surface area (Å²) in [6.45, 7) is 2.65. The van der Waals surface area contributed by atoms with Crippen LogP contribution >= 0.6 is 0 Å². The summed E-state index contributed by atoms with van der Waals surface area (Å²) in [5, 5.41) is 8.63. The van der Waals surface area contributed by atoms with Crippen molar-refractivity contribution in [1.29, 1.82) is 0 Å². The van der Waals surface area contributed by atoms with Crippen molar-refractivity contribution in [3.05, 3.63) is 0 Å². The standard InChI is InChI=1S/C15H32O.CH4/c1-2-3-4-5-6-7-8-9-10-11-12-13-14-15-16;/h16H,2-15H2,1H3;1H4. The van der Waals surface area contributed by atoms with Gasteiger partial charge in [0, 0.05) is 6.61 Å². The Morgan fingerprint density at radius 3 is 1.12 bits per heavy atom. The SMILES string of the molecule is C.CCCCCCCCCCCCCCCO. The molecule has 1 heteroatoms. The van der Waals surface area contributed by atoms with E-state index in [0.29, 0.717) is 6.61 Å². The first-order valence-electron chi connectivity index (χ1n) is 7.52. The van der Waals surface area contributed by atoms with Crippen molar-refractivity contribution in [3.63, 3.8) is 0 Å². The van der Waals surface area contributed by atoms with E-state index in [0.717, 1.165) is 6.42 Å². The second-order valence-electron chi connectivity index (χ2n) is 4.97. The third-order valence-electron chi connectivity index (χ3n) is 3.26. The molecule has 0 heterocycles. The molecule has 1 nitrogen and oxygen atoms in total. The zero-order valence-electron chi connectivity index (χ0n) is 11.3. The molecule has 0 aliphatic rings. The largest absolute Gasteiger partial charge is 0.396 e. The second-order valence-corrected chi connectivity index (χ2v) is 4.97. The lowest BCUT2D eigenvalue weighted by atomic mass is 10.0. The summed E-state index contributed by atoms with van der Waals surface area (Å²) >= 11 is 0. The molecule has 0 aromatic carbocycles. The fraction of sp³-hybridized carbons (Fsp3) is 1.00. The van der Waals surface area contributed by atoms with Crippen molar-refractivity contribution in [2.24, 2.45) is 0 Å². The molecule has 0 rings (SSSR count). The van der Waals surface area contributed by atoms with Crippen LogP contribution in [0.5, 0.6) is 0 Å². The Morgan fingerprint density at radius 1 is 0.529 bits per heavy atom. The summed E-state index contributed by atoms with van der Waals surface area (Å²) in [6.07, 6.45) is 17.7. The molecule has 0 amide bonds. The van der Waals surface area contributed by atoms with Crippen molar-refractivity contribution in [2.75, 3.05) is 6.61 Å². The molecule has 0 aliphatic heterocycles. The van der Waals surface area contributed by atoms with Gasteiger partial charge in [0.15, 0.2) is 0 Å². The van der Waals surface area contributed by atoms with E-state index >= 15 is 0 Å². The average molecular weight is 244 g/mol. The van der Waals surface area contributed by atoms with Crippen molar-refractivity contribution in [3.8, 4) is 0 Å². The van der Waals surface area contributed by atoms with E-state index in [2.05, 4.69) is 6.92 Å². The first-order chi connectivity index (χ1) is 7.91. The first-order valence-corrected chi connectivity index (χ1v) is 7.52. The zero-order chi connectivity index (χ0) is 11.9. The third-order valence-corrected chi connectivity index (χ3v) is 3.26. The Hall–Kier alpha value is -0.0400. The van der Waals surface area contributed by atoms with Gasteiger partial charge in [-0.3, -0.25) is 0 Å². The van der Waals surface area contributed by atoms with E-state index in [-0.39, 0.29) is 7.43 Å². The maximum atomic E-state index is 8.63. The number of hydrogen-bond donors (Lipinski definition) is 1. The van der Waals surface area contributed by atoms with Crippen LogP contribution < -0.4 is 0 Å². The monoisotopic (exact) mass is 244 g/mol. The highest BCUT2D eigenvalue weighted by molar-refractivity contribution is 4.48. The molecule has 106 valence electrons. The van der Waals surface area contributed by atoms with Gasteiger partial charge < -0.3 is 5.11 Å². The van der Waals surface area contributed by atoms with Crippen LogP contribution in [0, 0.1) is 0 Å². The van der Waals surface area contributed by atoms with Crippen LogP contribution in [0.4, 0.5) is 0 Å². The van der Waals surface area contributed by atoms with Crippen LogP contribution in [0.3, 0.4) is 0 Å². The maximum Gasteiger partial charge on any atom is 0.0431 e. The van der Waals surface area contributed by atoms with Crippen molar-refractivity contribution >= 4 is 0 Å². The molecular weight excluding hydrogens is 208 g/mol. The topological polar surface area (TPSA) is 20.2 Å². The lowest BCUT2D eigenvalue weighted by molar-refractivity contribution is 0.282. The van der Waals surface area contributed by atoms with Gasteiger partial charge in [-0.05, 0) is 6.42 Å². The first kappa shape index (κ1) is 19.3. The molecule has 0 radical (unpaired) electrons. The van der Waals surface area contributed by atoms with Gasteiger partial charge in [-0.2, -0.15) is 0 Å². The van der Waals surface area contributed by atoms with E-state index in [9.17, 15) is 0 Å². The Kier molecular flexibility index (Phi) is 20.8. The van der Waals surface area contributed by atoms with Crippen molar-refractivity contribution < 1.29 is 5.11 Å². The van der Waals surface area contributed by atoms with Gasteiger partial charge in [0.25, 0.3) is 0 Å². The van der Waals surface area contributed by atoms with Crippen LogP contribution in [-0.2, 0) is 0 Å². The average Bonchev–Trinajstić information content (AvgIpc) is 2.31. The van der Waals surface area contributed by atoms with E-state index in [4.69, 9.17) is 5.11 Å². The van der Waals surface area contributed by atoms with Gasteiger partial charge >= 0.3 is 0 Å². The number of aliphatic hydroxyl groups excluding tert-OH is 1. The van der Waals surface area contributed by atoms with E-state index in [1.54, 1.807) is 0 Å². The van der Waals surface area contributed by atoms with Crippen LogP contribution in [0.1, 0.15) is 97.8 Å². The molecule has 0 saturated carbocycles. The van der Waals surface area contributed by atoms with Crippen molar-refractivity contribution in [2.45, 2.75) is 97.8 Å². The Labute approximate surface area is 110 Å². The van der Waals surface area contributed by atoms with Crippen LogP contribution in [-0.4, -0.2) is 11.7 Å². The maximum absolute atomic E-state index is 8.63. The van der Waals surface area contributed by atoms with Crippen LogP contribution in [0.15, 0.2) is 0 Å². The Morgan fingerprint density at radius 2 is 0.824 bits per heavy atom. The molecule has 0 spiro atoms. The minimum atomic E-state index is 0. The molecule has 1 N–H and O–H groups in total. The van der Waals surface area contributed by atoms with Gasteiger partial charge in [0.1, 0.15) is 0 Å². The van der Waals surface area contributed by atoms with Gasteiger partial charge in [0.2, 0.25) is 0 Å². The highest BCUT2D eigenvalue weighted by Gasteiger charge is 1.92. The fourth-order valence-corrected chi connectivity index (χ4v) is 2.13. The summed E-state index contributed by atoms with van der Waals surface area (Å²) in [5.74, 6) is 0. The number of aliphatic hydroxyl groups is 1. The zero-order valence-corrected chi connectivity index (χ0v) is 11.3. The van der Waals surface area contributed by atoms with Gasteiger partial charge in [0.05, 0.1) is 0 Å². The van der Waals surface area contributed by atoms with E-state index in [1.807, 2.05) is 0 Å². The second kappa shape index (κ2) is 18.3. The molecule has 0 fully saturated rings. The minimum absolute atomic E-state index is 0. The summed E-state index contributed by atoms with van der Waals surface area (Å²) in [5.41, 5.74) is 0. The highest BCUT2D eigenvalue weighted by atomic mass is 16.2. The molecular formula is C16H36O. The molecule has 0 bridgehead atoms. The number of hydrogen-bond acceptors (Lipinski definition) is 1. The van der Waals surface area contributed by atoms with Gasteiger partial charge in [-0.15, -0.1) is 0 Å². The van der Waals surface area contributed by atoms with Crippen LogP contribution in [0.2, 0.25) is 0 Å². The summed E-state index contributed by atoms with van der Waals surface area (Å²) in [4.78, 5) is 0. The lowest BCUT2D eigenvalue weighted by Crippen LogP contribution is -1.84. The predicted molar refractivity (Wildman–Crippen MR) is 79.5 cm³/mol. The molecule has 0 aromatic rings. The van der Waals surface area contributed by atoms with E-state index < -0.39 is 0 Å². The normalized spacial score (nSPS) is 10.2. The lowest BCUT2D eigenvalue weighted by Gasteiger charge is -2.02. The van der Waals surface area contributed by atoms with Crippen LogP contribution in [0.25, 0.3) is 0 Å². The fourth-order valence-electron chi connectivity index (χ4n) is 2.13. The summed E-state index contributed by atoms with van der Waals surface area (Å²) in [7, 11) is 0. The quantitative estimate of drug-likeness (QED) is 0.412. The molecule has 0 atom stereocenters. The molecule has 0 aromatic heterocycles. The summed E-state index contributed by atoms with van der Waals surface area (Å²) in [6, 6.07) is 0. The third kappa shape index (κ3) is 18.5.